The summed E-state index contributed by atoms with van der Waals surface area (Å²) in [7, 11) is 0. The van der Waals surface area contributed by atoms with Crippen LogP contribution in [0.4, 0.5) is 11.4 Å². The highest BCUT2D eigenvalue weighted by Gasteiger charge is 2.15. The highest BCUT2D eigenvalue weighted by Crippen LogP contribution is 2.28. The Morgan fingerprint density at radius 2 is 2.00 bits per heavy atom. The number of rotatable bonds is 5. The number of nitrogens with zero attached hydrogens (tertiary/aromatic N) is 1. The van der Waals surface area contributed by atoms with Crippen LogP contribution in [0, 0.1) is 0 Å². The van der Waals surface area contributed by atoms with E-state index in [2.05, 4.69) is 16.3 Å². The van der Waals surface area contributed by atoms with Gasteiger partial charge in [0.25, 0.3) is 0 Å². The van der Waals surface area contributed by atoms with Gasteiger partial charge in [-0.3, -0.25) is 4.79 Å². The van der Waals surface area contributed by atoms with Gasteiger partial charge in [0, 0.05) is 25.3 Å². The third kappa shape index (κ3) is 4.16. The molecule has 0 aliphatic carbocycles. The molecule has 4 heteroatoms. The first kappa shape index (κ1) is 14.3. The van der Waals surface area contributed by atoms with E-state index in [1.54, 1.807) is 11.8 Å². The molecule has 19 heavy (non-hydrogen) atoms. The summed E-state index contributed by atoms with van der Waals surface area (Å²) in [5.74, 6) is 0.983. The molecule has 1 amide bonds. The summed E-state index contributed by atoms with van der Waals surface area (Å²) >= 11 is 1.70. The first-order valence-corrected chi connectivity index (χ1v) is 8.33. The van der Waals surface area contributed by atoms with E-state index in [0.29, 0.717) is 6.42 Å². The normalized spacial score (nSPS) is 15.3. The standard InChI is InChI=1S/C15H22N2OS/c1-19-12-9-15(18)16-13-7-3-4-8-14(13)17-10-5-2-6-11-17/h3-4,7-8H,2,5-6,9-12H2,1H3,(H,16,18). The van der Waals surface area contributed by atoms with E-state index < -0.39 is 0 Å². The number of nitrogens with one attached hydrogen (secondary N) is 1. The minimum absolute atomic E-state index is 0.110. The smallest absolute Gasteiger partial charge is 0.225 e. The number of thioether (sulfide) groups is 1. The molecule has 104 valence electrons. The van der Waals surface area contributed by atoms with Crippen molar-refractivity contribution in [2.45, 2.75) is 25.7 Å². The summed E-state index contributed by atoms with van der Waals surface area (Å²) in [6, 6.07) is 8.13. The van der Waals surface area contributed by atoms with Crippen molar-refractivity contribution in [3.63, 3.8) is 0 Å². The van der Waals surface area contributed by atoms with Gasteiger partial charge in [0.1, 0.15) is 0 Å². The maximum absolute atomic E-state index is 11.9. The number of carbonyl (C=O) groups is 1. The number of para-hydroxylation sites is 2. The Balaban J connectivity index is 2.05. The highest BCUT2D eigenvalue weighted by molar-refractivity contribution is 7.98. The molecule has 0 atom stereocenters. The molecule has 0 bridgehead atoms. The molecule has 1 saturated heterocycles. The summed E-state index contributed by atoms with van der Waals surface area (Å²) in [5, 5.41) is 3.05. The second kappa shape index (κ2) is 7.43. The Morgan fingerprint density at radius 3 is 2.74 bits per heavy atom. The molecule has 1 aromatic carbocycles. The van der Waals surface area contributed by atoms with Gasteiger partial charge in [-0.15, -0.1) is 0 Å². The molecule has 0 spiro atoms. The van der Waals surface area contributed by atoms with Crippen molar-refractivity contribution in [3.8, 4) is 0 Å². The Kier molecular flexibility index (Phi) is 5.58. The van der Waals surface area contributed by atoms with Crippen molar-refractivity contribution < 1.29 is 4.79 Å². The largest absolute Gasteiger partial charge is 0.370 e. The van der Waals surface area contributed by atoms with E-state index in [0.717, 1.165) is 24.5 Å². The molecule has 1 aromatic rings. The van der Waals surface area contributed by atoms with Crippen molar-refractivity contribution in [2.24, 2.45) is 0 Å². The van der Waals surface area contributed by atoms with Crippen LogP contribution < -0.4 is 10.2 Å². The topological polar surface area (TPSA) is 32.3 Å². The Labute approximate surface area is 119 Å². The maximum atomic E-state index is 11.9. The molecule has 1 fully saturated rings. The fourth-order valence-electron chi connectivity index (χ4n) is 2.40. The second-order valence-electron chi connectivity index (χ2n) is 4.86. The van der Waals surface area contributed by atoms with Crippen molar-refractivity contribution >= 4 is 29.0 Å². The fraction of sp³-hybridized carbons (Fsp3) is 0.533. The first-order chi connectivity index (χ1) is 9.31. The van der Waals surface area contributed by atoms with Crippen LogP contribution in [-0.4, -0.2) is 31.0 Å². The predicted molar refractivity (Wildman–Crippen MR) is 84.1 cm³/mol. The minimum atomic E-state index is 0.110. The number of amides is 1. The molecular formula is C15H22N2OS. The maximum Gasteiger partial charge on any atom is 0.225 e. The number of piperidine rings is 1. The second-order valence-corrected chi connectivity index (χ2v) is 5.84. The zero-order valence-electron chi connectivity index (χ0n) is 11.5. The van der Waals surface area contributed by atoms with Crippen molar-refractivity contribution in [3.05, 3.63) is 24.3 Å². The molecule has 0 unspecified atom stereocenters. The van der Waals surface area contributed by atoms with Crippen LogP contribution in [0.1, 0.15) is 25.7 Å². The van der Waals surface area contributed by atoms with Crippen LogP contribution >= 0.6 is 11.8 Å². The molecule has 0 radical (unpaired) electrons. The molecule has 1 aliphatic rings. The summed E-state index contributed by atoms with van der Waals surface area (Å²) in [4.78, 5) is 14.2. The van der Waals surface area contributed by atoms with E-state index in [4.69, 9.17) is 0 Å². The number of anilines is 2. The van der Waals surface area contributed by atoms with E-state index in [1.807, 2.05) is 24.5 Å². The zero-order chi connectivity index (χ0) is 13.5. The Bertz CT molecular complexity index is 416. The first-order valence-electron chi connectivity index (χ1n) is 6.94. The van der Waals surface area contributed by atoms with E-state index in [1.165, 1.54) is 24.9 Å². The molecule has 2 rings (SSSR count). The monoisotopic (exact) mass is 278 g/mol. The molecule has 1 heterocycles. The lowest BCUT2D eigenvalue weighted by molar-refractivity contribution is -0.115. The number of carbonyl (C=O) groups excluding carboxylic acids is 1. The summed E-state index contributed by atoms with van der Waals surface area (Å²) in [6.45, 7) is 2.19. The molecule has 1 aliphatic heterocycles. The van der Waals surface area contributed by atoms with Gasteiger partial charge in [-0.25, -0.2) is 0 Å². The highest BCUT2D eigenvalue weighted by atomic mass is 32.2. The fourth-order valence-corrected chi connectivity index (χ4v) is 2.79. The zero-order valence-corrected chi connectivity index (χ0v) is 12.3. The Hall–Kier alpha value is -1.16. The molecule has 3 nitrogen and oxygen atoms in total. The van der Waals surface area contributed by atoms with Gasteiger partial charge < -0.3 is 10.2 Å². The minimum Gasteiger partial charge on any atom is -0.370 e. The lowest BCUT2D eigenvalue weighted by atomic mass is 10.1. The predicted octanol–water partition coefficient (Wildman–Crippen LogP) is 3.37. The van der Waals surface area contributed by atoms with Gasteiger partial charge in [0.05, 0.1) is 11.4 Å². The Morgan fingerprint density at radius 1 is 1.26 bits per heavy atom. The van der Waals surface area contributed by atoms with Crippen molar-refractivity contribution in [1.82, 2.24) is 0 Å². The van der Waals surface area contributed by atoms with Crippen LogP contribution in [0.2, 0.25) is 0 Å². The van der Waals surface area contributed by atoms with Crippen molar-refractivity contribution in [2.75, 3.05) is 35.3 Å². The SMILES string of the molecule is CSCCC(=O)Nc1ccccc1N1CCCCC1. The lowest BCUT2D eigenvalue weighted by Gasteiger charge is -2.30. The number of benzene rings is 1. The van der Waals surface area contributed by atoms with E-state index >= 15 is 0 Å². The van der Waals surface area contributed by atoms with E-state index in [-0.39, 0.29) is 5.91 Å². The number of hydrogen-bond donors (Lipinski definition) is 1. The van der Waals surface area contributed by atoms with Gasteiger partial charge in [0.15, 0.2) is 0 Å². The third-order valence-electron chi connectivity index (χ3n) is 3.41. The van der Waals surface area contributed by atoms with Gasteiger partial charge in [-0.05, 0) is 37.7 Å². The molecule has 1 N–H and O–H groups in total. The van der Waals surface area contributed by atoms with Crippen LogP contribution in [0.5, 0.6) is 0 Å². The van der Waals surface area contributed by atoms with Gasteiger partial charge >= 0.3 is 0 Å². The van der Waals surface area contributed by atoms with Crippen LogP contribution in [0.15, 0.2) is 24.3 Å². The lowest BCUT2D eigenvalue weighted by Crippen LogP contribution is -2.30. The third-order valence-corrected chi connectivity index (χ3v) is 4.02. The van der Waals surface area contributed by atoms with Crippen LogP contribution in [0.25, 0.3) is 0 Å². The van der Waals surface area contributed by atoms with Gasteiger partial charge in [0.2, 0.25) is 5.91 Å². The molecule has 0 saturated carbocycles. The van der Waals surface area contributed by atoms with Gasteiger partial charge in [-0.1, -0.05) is 12.1 Å². The van der Waals surface area contributed by atoms with Crippen LogP contribution in [-0.2, 0) is 4.79 Å². The quantitative estimate of drug-likeness (QED) is 0.896. The van der Waals surface area contributed by atoms with Gasteiger partial charge in [-0.2, -0.15) is 11.8 Å². The number of hydrogen-bond acceptors (Lipinski definition) is 3. The average Bonchev–Trinajstić information content (AvgIpc) is 2.46. The summed E-state index contributed by atoms with van der Waals surface area (Å²) < 4.78 is 0. The summed E-state index contributed by atoms with van der Waals surface area (Å²) in [6.07, 6.45) is 6.41. The molecule has 0 aromatic heterocycles. The van der Waals surface area contributed by atoms with Crippen LogP contribution in [0.3, 0.4) is 0 Å². The van der Waals surface area contributed by atoms with E-state index in [9.17, 15) is 4.79 Å². The average molecular weight is 278 g/mol. The van der Waals surface area contributed by atoms with Crippen molar-refractivity contribution in [1.29, 1.82) is 0 Å². The summed E-state index contributed by atoms with van der Waals surface area (Å²) in [5.41, 5.74) is 2.12. The molecular weight excluding hydrogens is 256 g/mol.